The van der Waals surface area contributed by atoms with Crippen LogP contribution in [-0.4, -0.2) is 69.3 Å². The lowest BCUT2D eigenvalue weighted by atomic mass is 9.69. The normalized spacial score (nSPS) is 34.1. The first-order valence-electron chi connectivity index (χ1n) is 12.6. The van der Waals surface area contributed by atoms with E-state index in [4.69, 9.17) is 9.78 Å². The fourth-order valence-corrected chi connectivity index (χ4v) is 8.89. The number of benzene rings is 1. The molecule has 194 valence electrons. The van der Waals surface area contributed by atoms with Gasteiger partial charge in [0.2, 0.25) is 15.9 Å². The number of hydrogen-bond acceptors (Lipinski definition) is 6. The van der Waals surface area contributed by atoms with Crippen LogP contribution in [0.1, 0.15) is 25.7 Å². The minimum atomic E-state index is -4.01. The monoisotopic (exact) mass is 530 g/mol. The Morgan fingerprint density at radius 3 is 2.67 bits per heavy atom. The van der Waals surface area contributed by atoms with Crippen LogP contribution < -0.4 is 5.32 Å². The molecule has 36 heavy (non-hydrogen) atoms. The van der Waals surface area contributed by atoms with Crippen molar-refractivity contribution >= 4 is 24.0 Å². The van der Waals surface area contributed by atoms with E-state index in [1.54, 1.807) is 18.2 Å². The zero-order valence-electron chi connectivity index (χ0n) is 20.9. The van der Waals surface area contributed by atoms with Gasteiger partial charge in [-0.05, 0) is 37.0 Å². The first kappa shape index (κ1) is 25.6. The van der Waals surface area contributed by atoms with Gasteiger partial charge in [0.25, 0.3) is 0 Å². The molecule has 1 amide bonds. The molecule has 0 radical (unpaired) electrons. The van der Waals surface area contributed by atoms with Crippen LogP contribution in [0.3, 0.4) is 0 Å². The van der Waals surface area contributed by atoms with Crippen molar-refractivity contribution in [2.45, 2.75) is 74.5 Å². The Labute approximate surface area is 214 Å². The third-order valence-corrected chi connectivity index (χ3v) is 10.6. The number of fused-ring (bicyclic) bond motifs is 3. The number of hydrogen-bond donors (Lipinski definition) is 2. The number of carbonyl (C=O) groups is 1. The SMILES string of the molecule is C[Si](C)(C)C#CCCC1C=C2C(OO1)[C@@H]1N(S(=O)(=O)c3ccccc3)[C@@H](CO)C[C@@]13C(=O)NCC[C@@H]23. The van der Waals surface area contributed by atoms with E-state index in [0.29, 0.717) is 25.8 Å². The summed E-state index contributed by atoms with van der Waals surface area (Å²) in [6.07, 6.45) is 3.28. The third kappa shape index (κ3) is 4.16. The molecular formula is C26H34N2O6SSi. The minimum Gasteiger partial charge on any atom is -0.395 e. The first-order valence-corrected chi connectivity index (χ1v) is 17.5. The predicted molar refractivity (Wildman–Crippen MR) is 136 cm³/mol. The van der Waals surface area contributed by atoms with Crippen molar-refractivity contribution in [2.75, 3.05) is 13.2 Å². The molecule has 2 unspecified atom stereocenters. The number of sulfonamides is 1. The lowest BCUT2D eigenvalue weighted by Crippen LogP contribution is -2.56. The number of nitrogens with zero attached hydrogens (tertiary/aromatic N) is 1. The highest BCUT2D eigenvalue weighted by atomic mass is 32.2. The number of amides is 1. The summed E-state index contributed by atoms with van der Waals surface area (Å²) in [6, 6.07) is 6.62. The number of rotatable bonds is 5. The van der Waals surface area contributed by atoms with E-state index in [2.05, 4.69) is 36.4 Å². The summed E-state index contributed by atoms with van der Waals surface area (Å²) >= 11 is 0. The van der Waals surface area contributed by atoms with Crippen molar-refractivity contribution in [1.82, 2.24) is 9.62 Å². The maximum Gasteiger partial charge on any atom is 0.243 e. The number of carbonyl (C=O) groups excluding carboxylic acids is 1. The van der Waals surface area contributed by atoms with Gasteiger partial charge in [-0.15, -0.1) is 11.5 Å². The molecular weight excluding hydrogens is 496 g/mol. The molecule has 4 aliphatic rings. The second kappa shape index (κ2) is 9.38. The van der Waals surface area contributed by atoms with E-state index < -0.39 is 41.7 Å². The highest BCUT2D eigenvalue weighted by molar-refractivity contribution is 7.89. The molecule has 10 heteroatoms. The van der Waals surface area contributed by atoms with Crippen LogP contribution in [0.4, 0.5) is 0 Å². The van der Waals surface area contributed by atoms with E-state index in [9.17, 15) is 18.3 Å². The molecule has 3 heterocycles. The fraction of sp³-hybridized carbons (Fsp3) is 0.577. The van der Waals surface area contributed by atoms with Gasteiger partial charge in [0.05, 0.1) is 23.0 Å². The van der Waals surface area contributed by atoms with Crippen molar-refractivity contribution in [3.63, 3.8) is 0 Å². The molecule has 8 nitrogen and oxygen atoms in total. The van der Waals surface area contributed by atoms with Gasteiger partial charge in [-0.25, -0.2) is 18.2 Å². The van der Waals surface area contributed by atoms with Crippen LogP contribution in [0.15, 0.2) is 46.9 Å². The molecule has 1 aliphatic carbocycles. The summed E-state index contributed by atoms with van der Waals surface area (Å²) in [6.45, 7) is 6.74. The summed E-state index contributed by atoms with van der Waals surface area (Å²) in [5.74, 6) is 2.91. The molecule has 0 aromatic heterocycles. The average Bonchev–Trinajstić information content (AvgIpc) is 3.33. The third-order valence-electron chi connectivity index (χ3n) is 7.72. The average molecular weight is 531 g/mol. The maximum absolute atomic E-state index is 13.9. The predicted octanol–water partition coefficient (Wildman–Crippen LogP) is 2.23. The molecule has 2 N–H and O–H groups in total. The largest absolute Gasteiger partial charge is 0.395 e. The zero-order valence-corrected chi connectivity index (χ0v) is 22.8. The standard InChI is InChI=1S/C26H34N2O6SSi/c1-36(2,3)14-8-7-9-19-15-21-22-12-13-27-25(30)26(22)16-18(17-29)28(24(26)23(21)34-33-19)35(31,32)20-10-5-4-6-11-20/h4-6,10-11,15,18-19,22-24,29H,7,9,12-13,16-17H2,1-3H3,(H,27,30)/t18-,19?,22+,23?,24+,26+/m1/s1. The Kier molecular flexibility index (Phi) is 6.68. The van der Waals surface area contributed by atoms with Gasteiger partial charge in [-0.1, -0.05) is 43.9 Å². The van der Waals surface area contributed by atoms with Gasteiger partial charge in [0.1, 0.15) is 20.3 Å². The molecule has 3 fully saturated rings. The highest BCUT2D eigenvalue weighted by Crippen LogP contribution is 2.61. The van der Waals surface area contributed by atoms with Gasteiger partial charge in [-0.2, -0.15) is 4.31 Å². The van der Waals surface area contributed by atoms with Gasteiger partial charge < -0.3 is 10.4 Å². The second-order valence-electron chi connectivity index (χ2n) is 11.2. The van der Waals surface area contributed by atoms with Crippen LogP contribution in [0, 0.1) is 22.8 Å². The van der Waals surface area contributed by atoms with Gasteiger partial charge in [0.15, 0.2) is 0 Å². The molecule has 2 saturated heterocycles. The lowest BCUT2D eigenvalue weighted by Gasteiger charge is -2.38. The summed E-state index contributed by atoms with van der Waals surface area (Å²) in [7, 11) is -5.47. The molecule has 3 aliphatic heterocycles. The zero-order chi connectivity index (χ0) is 25.7. The molecule has 0 bridgehead atoms. The fourth-order valence-electron chi connectivity index (χ4n) is 6.36. The first-order chi connectivity index (χ1) is 17.1. The summed E-state index contributed by atoms with van der Waals surface area (Å²) in [5.41, 5.74) is 3.29. The van der Waals surface area contributed by atoms with Gasteiger partial charge >= 0.3 is 0 Å². The Balaban J connectivity index is 1.52. The minimum absolute atomic E-state index is 0.126. The van der Waals surface area contributed by atoms with Crippen molar-refractivity contribution < 1.29 is 28.1 Å². The quantitative estimate of drug-likeness (QED) is 0.262. The van der Waals surface area contributed by atoms with Crippen LogP contribution in [0.25, 0.3) is 0 Å². The summed E-state index contributed by atoms with van der Waals surface area (Å²) in [4.78, 5) is 25.4. The Morgan fingerprint density at radius 1 is 1.22 bits per heavy atom. The van der Waals surface area contributed by atoms with Gasteiger partial charge in [0, 0.05) is 24.9 Å². The summed E-state index contributed by atoms with van der Waals surface area (Å²) < 4.78 is 29.1. The smallest absolute Gasteiger partial charge is 0.243 e. The Morgan fingerprint density at radius 2 is 1.97 bits per heavy atom. The number of aliphatic hydroxyl groups is 1. The molecule has 1 aromatic rings. The van der Waals surface area contributed by atoms with Crippen LogP contribution in [0.2, 0.25) is 19.6 Å². The maximum atomic E-state index is 13.9. The van der Waals surface area contributed by atoms with Crippen molar-refractivity contribution in [2.24, 2.45) is 11.3 Å². The van der Waals surface area contributed by atoms with E-state index in [1.165, 1.54) is 16.4 Å². The molecule has 5 rings (SSSR count). The molecule has 6 atom stereocenters. The summed E-state index contributed by atoms with van der Waals surface area (Å²) in [5, 5.41) is 13.2. The molecule has 1 spiro atoms. The van der Waals surface area contributed by atoms with Crippen LogP contribution >= 0.6 is 0 Å². The molecule has 1 saturated carbocycles. The van der Waals surface area contributed by atoms with Crippen LogP contribution in [0.5, 0.6) is 0 Å². The second-order valence-corrected chi connectivity index (χ2v) is 17.8. The van der Waals surface area contributed by atoms with Crippen molar-refractivity contribution in [1.29, 1.82) is 0 Å². The Hall–Kier alpha value is -2.00. The van der Waals surface area contributed by atoms with Crippen LogP contribution in [-0.2, 0) is 24.6 Å². The highest BCUT2D eigenvalue weighted by Gasteiger charge is 2.72. The van der Waals surface area contributed by atoms with Crippen molar-refractivity contribution in [3.8, 4) is 11.5 Å². The topological polar surface area (TPSA) is 105 Å². The van der Waals surface area contributed by atoms with E-state index >= 15 is 0 Å². The van der Waals surface area contributed by atoms with Crippen molar-refractivity contribution in [3.05, 3.63) is 42.0 Å². The lowest BCUT2D eigenvalue weighted by molar-refractivity contribution is -0.347. The van der Waals surface area contributed by atoms with E-state index in [1.807, 2.05) is 6.08 Å². The van der Waals surface area contributed by atoms with Gasteiger partial charge in [-0.3, -0.25) is 4.79 Å². The van der Waals surface area contributed by atoms with E-state index in [0.717, 1.165) is 5.57 Å². The van der Waals surface area contributed by atoms with E-state index in [-0.39, 0.29) is 35.9 Å². The number of piperidine rings is 1. The Bertz CT molecular complexity index is 1220. The number of nitrogens with one attached hydrogen (secondary N) is 1. The molecule has 1 aromatic carbocycles. The number of aliphatic hydroxyl groups excluding tert-OH is 1.